The van der Waals surface area contributed by atoms with Crippen LogP contribution in [0.25, 0.3) is 0 Å². The number of esters is 1. The second-order valence-corrected chi connectivity index (χ2v) is 7.56. The highest BCUT2D eigenvalue weighted by atomic mass is 16.5. The van der Waals surface area contributed by atoms with Crippen molar-refractivity contribution in [2.75, 3.05) is 6.61 Å². The summed E-state index contributed by atoms with van der Waals surface area (Å²) in [6.07, 6.45) is 7.35. The molecular formula is C23H34O2. The zero-order valence-electron chi connectivity index (χ0n) is 16.8. The summed E-state index contributed by atoms with van der Waals surface area (Å²) in [6, 6.07) is 8.33. The van der Waals surface area contributed by atoms with Gasteiger partial charge >= 0.3 is 5.97 Å². The molecule has 0 heterocycles. The lowest BCUT2D eigenvalue weighted by atomic mass is 9.97. The van der Waals surface area contributed by atoms with Gasteiger partial charge in [-0.25, -0.2) is 0 Å². The molecule has 1 atom stereocenters. The molecular weight excluding hydrogens is 308 g/mol. The molecule has 0 aliphatic rings. The highest BCUT2D eigenvalue weighted by Gasteiger charge is 2.16. The molecule has 2 heteroatoms. The van der Waals surface area contributed by atoms with E-state index in [0.717, 1.165) is 24.8 Å². The van der Waals surface area contributed by atoms with Crippen LogP contribution >= 0.6 is 0 Å². The van der Waals surface area contributed by atoms with E-state index in [9.17, 15) is 4.79 Å². The van der Waals surface area contributed by atoms with Crippen LogP contribution in [0.15, 0.2) is 47.6 Å². The molecule has 25 heavy (non-hydrogen) atoms. The zero-order chi connectivity index (χ0) is 18.8. The quantitative estimate of drug-likeness (QED) is 0.393. The van der Waals surface area contributed by atoms with Crippen LogP contribution < -0.4 is 0 Å². The third-order valence-electron chi connectivity index (χ3n) is 4.23. The van der Waals surface area contributed by atoms with Crippen LogP contribution in [0.4, 0.5) is 0 Å². The molecule has 2 nitrogen and oxygen atoms in total. The van der Waals surface area contributed by atoms with Gasteiger partial charge in [-0.3, -0.25) is 4.79 Å². The fraction of sp³-hybridized carbons (Fsp3) is 0.522. The van der Waals surface area contributed by atoms with Crippen LogP contribution in [0.2, 0.25) is 0 Å². The number of carbonyl (C=O) groups excluding carboxylic acids is 1. The van der Waals surface area contributed by atoms with Crippen LogP contribution in [0.3, 0.4) is 0 Å². The number of hydrogen-bond acceptors (Lipinski definition) is 2. The zero-order valence-corrected chi connectivity index (χ0v) is 16.8. The van der Waals surface area contributed by atoms with Crippen molar-refractivity contribution in [1.29, 1.82) is 0 Å². The monoisotopic (exact) mass is 342 g/mol. The summed E-state index contributed by atoms with van der Waals surface area (Å²) in [4.78, 5) is 12.2. The predicted molar refractivity (Wildman–Crippen MR) is 107 cm³/mol. The van der Waals surface area contributed by atoms with Gasteiger partial charge in [-0.15, -0.1) is 0 Å². The number of allylic oxidation sites excluding steroid dienone is 3. The smallest absolute Gasteiger partial charge is 0.313 e. The molecule has 0 spiro atoms. The van der Waals surface area contributed by atoms with Crippen LogP contribution in [0.1, 0.15) is 71.4 Å². The minimum absolute atomic E-state index is 0.162. The number of hydrogen-bond donors (Lipinski definition) is 0. The lowest BCUT2D eigenvalue weighted by molar-refractivity contribution is -0.143. The fourth-order valence-corrected chi connectivity index (χ4v) is 2.63. The Labute approximate surface area is 154 Å². The predicted octanol–water partition coefficient (Wildman–Crippen LogP) is 6.22. The first-order valence-electron chi connectivity index (χ1n) is 9.34. The average Bonchev–Trinajstić information content (AvgIpc) is 2.54. The van der Waals surface area contributed by atoms with E-state index in [4.69, 9.17) is 4.74 Å². The first-order chi connectivity index (χ1) is 11.8. The van der Waals surface area contributed by atoms with Crippen molar-refractivity contribution in [1.82, 2.24) is 0 Å². The summed E-state index contributed by atoms with van der Waals surface area (Å²) in [5, 5.41) is 0. The second-order valence-electron chi connectivity index (χ2n) is 7.56. The van der Waals surface area contributed by atoms with Gasteiger partial charge in [-0.2, -0.15) is 0 Å². The van der Waals surface area contributed by atoms with Crippen molar-refractivity contribution in [3.63, 3.8) is 0 Å². The van der Waals surface area contributed by atoms with Gasteiger partial charge in [0.1, 0.15) is 6.61 Å². The standard InChI is InChI=1S/C23H34O2/c1-17(2)8-7-9-19(5)14-15-25-23(24)20(6)22-12-10-21(11-13-22)16-18(3)4/h8,10-14,18,20H,7,9,15-16H2,1-6H3/b19-14+. The van der Waals surface area contributed by atoms with Gasteiger partial charge in [-0.1, -0.05) is 55.3 Å². The molecule has 1 unspecified atom stereocenters. The molecule has 138 valence electrons. The number of ether oxygens (including phenoxy) is 1. The maximum absolute atomic E-state index is 12.2. The molecule has 1 aromatic rings. The van der Waals surface area contributed by atoms with E-state index in [2.05, 4.69) is 52.8 Å². The van der Waals surface area contributed by atoms with Crippen LogP contribution in [0, 0.1) is 5.92 Å². The molecule has 0 aliphatic heterocycles. The minimum Gasteiger partial charge on any atom is -0.461 e. The van der Waals surface area contributed by atoms with E-state index in [1.54, 1.807) is 0 Å². The van der Waals surface area contributed by atoms with Gasteiger partial charge < -0.3 is 4.74 Å². The van der Waals surface area contributed by atoms with Gasteiger partial charge in [0.2, 0.25) is 0 Å². The Bertz CT molecular complexity index is 587. The van der Waals surface area contributed by atoms with E-state index < -0.39 is 0 Å². The Hall–Kier alpha value is -1.83. The number of rotatable bonds is 9. The van der Waals surface area contributed by atoms with E-state index >= 15 is 0 Å². The molecule has 0 bridgehead atoms. The summed E-state index contributed by atoms with van der Waals surface area (Å²) < 4.78 is 5.42. The van der Waals surface area contributed by atoms with Crippen LogP contribution in [-0.2, 0) is 16.0 Å². The third kappa shape index (κ3) is 8.72. The first kappa shape index (κ1) is 21.2. The van der Waals surface area contributed by atoms with Crippen molar-refractivity contribution in [2.45, 2.75) is 66.7 Å². The third-order valence-corrected chi connectivity index (χ3v) is 4.23. The lowest BCUT2D eigenvalue weighted by Crippen LogP contribution is -2.13. The first-order valence-corrected chi connectivity index (χ1v) is 9.34. The molecule has 0 saturated heterocycles. The number of carbonyl (C=O) groups is 1. The van der Waals surface area contributed by atoms with Crippen LogP contribution in [-0.4, -0.2) is 12.6 Å². The largest absolute Gasteiger partial charge is 0.461 e. The van der Waals surface area contributed by atoms with Crippen LogP contribution in [0.5, 0.6) is 0 Å². The maximum Gasteiger partial charge on any atom is 0.313 e. The molecule has 0 saturated carbocycles. The second kappa shape index (κ2) is 10.9. The molecule has 0 amide bonds. The van der Waals surface area contributed by atoms with Crippen molar-refractivity contribution in [2.24, 2.45) is 5.92 Å². The fourth-order valence-electron chi connectivity index (χ4n) is 2.63. The minimum atomic E-state index is -0.229. The van der Waals surface area contributed by atoms with Crippen molar-refractivity contribution in [3.8, 4) is 0 Å². The molecule has 0 aliphatic carbocycles. The Morgan fingerprint density at radius 1 is 1.04 bits per heavy atom. The average molecular weight is 343 g/mol. The topological polar surface area (TPSA) is 26.3 Å². The summed E-state index contributed by atoms with van der Waals surface area (Å²) in [6.45, 7) is 13.0. The van der Waals surface area contributed by atoms with E-state index in [0.29, 0.717) is 12.5 Å². The summed E-state index contributed by atoms with van der Waals surface area (Å²) in [5.74, 6) is 0.248. The van der Waals surface area contributed by atoms with Gasteiger partial charge in [0.15, 0.2) is 0 Å². The Morgan fingerprint density at radius 3 is 2.24 bits per heavy atom. The van der Waals surface area contributed by atoms with Crippen molar-refractivity contribution in [3.05, 3.63) is 58.7 Å². The highest BCUT2D eigenvalue weighted by Crippen LogP contribution is 2.19. The molecule has 1 rings (SSSR count). The Kier molecular flexibility index (Phi) is 9.26. The van der Waals surface area contributed by atoms with Gasteiger partial charge in [-0.05, 0) is 70.1 Å². The summed E-state index contributed by atoms with van der Waals surface area (Å²) >= 11 is 0. The van der Waals surface area contributed by atoms with Gasteiger partial charge in [0.25, 0.3) is 0 Å². The Balaban J connectivity index is 2.47. The van der Waals surface area contributed by atoms with Crippen molar-refractivity contribution < 1.29 is 9.53 Å². The van der Waals surface area contributed by atoms with Gasteiger partial charge in [0, 0.05) is 0 Å². The maximum atomic E-state index is 12.2. The molecule has 0 fully saturated rings. The van der Waals surface area contributed by atoms with E-state index in [1.165, 1.54) is 16.7 Å². The number of benzene rings is 1. The van der Waals surface area contributed by atoms with E-state index in [-0.39, 0.29) is 11.9 Å². The normalized spacial score (nSPS) is 12.8. The molecule has 0 aromatic heterocycles. The summed E-state index contributed by atoms with van der Waals surface area (Å²) in [5.41, 5.74) is 4.93. The highest BCUT2D eigenvalue weighted by molar-refractivity contribution is 5.77. The molecule has 1 aromatic carbocycles. The van der Waals surface area contributed by atoms with E-state index in [1.807, 2.05) is 25.1 Å². The molecule has 0 N–H and O–H groups in total. The van der Waals surface area contributed by atoms with Crippen molar-refractivity contribution >= 4 is 5.97 Å². The summed E-state index contributed by atoms with van der Waals surface area (Å²) in [7, 11) is 0. The van der Waals surface area contributed by atoms with Gasteiger partial charge in [0.05, 0.1) is 5.92 Å². The SMILES string of the molecule is CC(C)=CCC/C(C)=C/COC(=O)C(C)c1ccc(CC(C)C)cc1. The lowest BCUT2D eigenvalue weighted by Gasteiger charge is -2.12. The molecule has 0 radical (unpaired) electrons. The Morgan fingerprint density at radius 2 is 1.68 bits per heavy atom.